The third kappa shape index (κ3) is 7.49. The summed E-state index contributed by atoms with van der Waals surface area (Å²) < 4.78 is 30.0. The van der Waals surface area contributed by atoms with Gasteiger partial charge in [0, 0.05) is 18.1 Å². The van der Waals surface area contributed by atoms with Gasteiger partial charge in [-0.05, 0) is 18.2 Å². The fraction of sp³-hybridized carbons (Fsp3) is 0.345. The molecule has 0 unspecified atom stereocenters. The molecule has 2 aromatic rings. The number of rotatable bonds is 9. The molecular formula is C29H29NO11. The van der Waals surface area contributed by atoms with Gasteiger partial charge in [-0.3, -0.25) is 4.79 Å². The molecule has 2 aliphatic heterocycles. The van der Waals surface area contributed by atoms with E-state index >= 15 is 0 Å². The maximum atomic E-state index is 12.2. The summed E-state index contributed by atoms with van der Waals surface area (Å²) in [6.07, 6.45) is -4.23. The second-order valence-corrected chi connectivity index (χ2v) is 9.28. The average molecular weight is 568 g/mol. The van der Waals surface area contributed by atoms with Gasteiger partial charge in [0.25, 0.3) is 0 Å². The molecule has 2 aromatic carbocycles. The maximum absolute atomic E-state index is 12.2. The number of aliphatic carboxylic acids is 1. The molecule has 2 saturated heterocycles. The molecule has 0 spiro atoms. The fourth-order valence-electron chi connectivity index (χ4n) is 4.39. The van der Waals surface area contributed by atoms with Crippen LogP contribution in [0.2, 0.25) is 0 Å². The van der Waals surface area contributed by atoms with Crippen LogP contribution in [0.5, 0.6) is 5.75 Å². The summed E-state index contributed by atoms with van der Waals surface area (Å²) in [5.74, 6) is 2.18. The fourth-order valence-corrected chi connectivity index (χ4v) is 4.39. The van der Waals surface area contributed by atoms with Crippen LogP contribution in [0.4, 0.5) is 0 Å². The molecule has 41 heavy (non-hydrogen) atoms. The first-order valence-electron chi connectivity index (χ1n) is 12.6. The largest absolute Gasteiger partial charge is 0.507 e. The number of carboxylic acids is 2. The van der Waals surface area contributed by atoms with E-state index in [1.54, 1.807) is 0 Å². The minimum Gasteiger partial charge on any atom is -0.507 e. The molecule has 1 amide bonds. The summed E-state index contributed by atoms with van der Waals surface area (Å²) in [5, 5.41) is 30.9. The molecule has 0 saturated carbocycles. The molecule has 12 nitrogen and oxygen atoms in total. The highest BCUT2D eigenvalue weighted by Crippen LogP contribution is 2.36. The summed E-state index contributed by atoms with van der Waals surface area (Å²) >= 11 is 0. The van der Waals surface area contributed by atoms with E-state index in [0.29, 0.717) is 5.56 Å². The molecule has 4 N–H and O–H groups in total. The zero-order chi connectivity index (χ0) is 29.5. The summed E-state index contributed by atoms with van der Waals surface area (Å²) in [6.45, 7) is 4.37. The zero-order valence-corrected chi connectivity index (χ0v) is 22.0. The molecule has 2 heterocycles. The minimum atomic E-state index is -1.30. The topological polar surface area (TPSA) is 170 Å². The van der Waals surface area contributed by atoms with Gasteiger partial charge >= 0.3 is 11.9 Å². The lowest BCUT2D eigenvalue weighted by Gasteiger charge is -2.49. The van der Waals surface area contributed by atoms with Gasteiger partial charge in [0.15, 0.2) is 12.6 Å². The van der Waals surface area contributed by atoms with Crippen LogP contribution in [0.1, 0.15) is 34.7 Å². The normalized spacial score (nSPS) is 25.2. The monoisotopic (exact) mass is 567 g/mol. The quantitative estimate of drug-likeness (QED) is 0.257. The van der Waals surface area contributed by atoms with Crippen LogP contribution >= 0.6 is 0 Å². The molecule has 4 rings (SSSR count). The lowest BCUT2D eigenvalue weighted by atomic mass is 9.95. The Bertz CT molecular complexity index is 1350. The molecule has 2 aliphatic rings. The number of amides is 1. The van der Waals surface area contributed by atoms with Crippen molar-refractivity contribution in [3.63, 3.8) is 0 Å². The Morgan fingerprint density at radius 3 is 2.54 bits per heavy atom. The van der Waals surface area contributed by atoms with E-state index in [1.807, 2.05) is 30.3 Å². The van der Waals surface area contributed by atoms with Crippen molar-refractivity contribution in [2.45, 2.75) is 43.9 Å². The maximum Gasteiger partial charge on any atom is 0.339 e. The molecular weight excluding hydrogens is 538 g/mol. The summed E-state index contributed by atoms with van der Waals surface area (Å²) in [6, 6.07) is 12.2. The Hall–Kier alpha value is -4.25. The van der Waals surface area contributed by atoms with E-state index in [2.05, 4.69) is 23.7 Å². The number of ether oxygens (including phenoxy) is 5. The number of hydrogen-bond acceptors (Lipinski definition) is 9. The van der Waals surface area contributed by atoms with E-state index < -0.39 is 54.8 Å². The number of carbonyl (C=O) groups is 3. The van der Waals surface area contributed by atoms with Gasteiger partial charge in [-0.25, -0.2) is 9.59 Å². The number of fused-ring (bicyclic) bond motifs is 1. The third-order valence-electron chi connectivity index (χ3n) is 6.31. The number of nitrogens with one attached hydrogen (secondary N) is 1. The van der Waals surface area contributed by atoms with Crippen molar-refractivity contribution in [1.82, 2.24) is 5.32 Å². The zero-order valence-electron chi connectivity index (χ0n) is 22.0. The van der Waals surface area contributed by atoms with Crippen LogP contribution in [-0.2, 0) is 33.3 Å². The van der Waals surface area contributed by atoms with E-state index in [4.69, 9.17) is 23.7 Å². The second-order valence-electron chi connectivity index (χ2n) is 9.28. The van der Waals surface area contributed by atoms with Gasteiger partial charge in [-0.15, -0.1) is 0 Å². The molecule has 0 aromatic heterocycles. The van der Waals surface area contributed by atoms with Crippen molar-refractivity contribution in [1.29, 1.82) is 0 Å². The lowest BCUT2D eigenvalue weighted by Crippen LogP contribution is -2.67. The molecule has 0 aliphatic carbocycles. The number of aromatic carboxylic acids is 1. The Morgan fingerprint density at radius 1 is 1.10 bits per heavy atom. The van der Waals surface area contributed by atoms with E-state index in [-0.39, 0.29) is 36.7 Å². The summed E-state index contributed by atoms with van der Waals surface area (Å²) in [7, 11) is 0. The second kappa shape index (κ2) is 13.4. The lowest BCUT2D eigenvalue weighted by molar-refractivity contribution is -0.346. The molecule has 12 heteroatoms. The van der Waals surface area contributed by atoms with Gasteiger partial charge in [-0.2, -0.15) is 0 Å². The standard InChI is InChI=1S/C29H29NO11/c1-16(26(33)34)14-38-25-23(30-17(2)31)29(37-12-6-7-18-10-11-21(32)20(13-18)27(35)36)40-22-15-39-28(41-24(22)25)19-8-4-3-5-9-19/h3-5,8-11,13,22-25,28-29,32H,1,12,14-15H2,2H3,(H,30,31)(H,33,34)(H,35,36)/t22-,23-,24+,25-,28+,29+/m0/s1. The summed E-state index contributed by atoms with van der Waals surface area (Å²) in [4.78, 5) is 34.8. The predicted octanol–water partition coefficient (Wildman–Crippen LogP) is 1.83. The van der Waals surface area contributed by atoms with Crippen LogP contribution in [0.3, 0.4) is 0 Å². The van der Waals surface area contributed by atoms with Crippen LogP contribution in [0.25, 0.3) is 0 Å². The number of carboxylic acid groups (broad SMARTS) is 2. The smallest absolute Gasteiger partial charge is 0.339 e. The predicted molar refractivity (Wildman–Crippen MR) is 141 cm³/mol. The van der Waals surface area contributed by atoms with Crippen LogP contribution < -0.4 is 5.32 Å². The number of carbonyl (C=O) groups excluding carboxylic acids is 1. The van der Waals surface area contributed by atoms with E-state index in [0.717, 1.165) is 5.56 Å². The molecule has 6 atom stereocenters. The SMILES string of the molecule is C=C(CO[C@H]1[C@H](NC(C)=O)[C@H](OCC#Cc2ccc(O)c(C(=O)O)c2)O[C@H]2CO[C@@H](c3ccccc3)O[C@@H]12)C(=O)O. The third-order valence-corrected chi connectivity index (χ3v) is 6.31. The van der Waals surface area contributed by atoms with Gasteiger partial charge in [0.05, 0.1) is 18.8 Å². The average Bonchev–Trinajstić information content (AvgIpc) is 2.95. The number of hydrogen-bond donors (Lipinski definition) is 4. The Morgan fingerprint density at radius 2 is 1.85 bits per heavy atom. The first kappa shape index (κ1) is 29.7. The highest BCUT2D eigenvalue weighted by molar-refractivity contribution is 5.91. The van der Waals surface area contributed by atoms with Crippen molar-refractivity contribution >= 4 is 17.8 Å². The molecule has 0 radical (unpaired) electrons. The highest BCUT2D eigenvalue weighted by atomic mass is 16.7. The molecule has 216 valence electrons. The van der Waals surface area contributed by atoms with Crippen molar-refractivity contribution in [2.75, 3.05) is 19.8 Å². The van der Waals surface area contributed by atoms with Crippen molar-refractivity contribution in [2.24, 2.45) is 0 Å². The van der Waals surface area contributed by atoms with E-state index in [1.165, 1.54) is 25.1 Å². The Labute approximate surface area is 235 Å². The van der Waals surface area contributed by atoms with Gasteiger partial charge in [0.2, 0.25) is 5.91 Å². The number of aromatic hydroxyl groups is 1. The van der Waals surface area contributed by atoms with Gasteiger partial charge in [0.1, 0.15) is 42.3 Å². The molecule has 2 fully saturated rings. The van der Waals surface area contributed by atoms with Crippen LogP contribution in [0, 0.1) is 11.8 Å². The van der Waals surface area contributed by atoms with Crippen LogP contribution in [0.15, 0.2) is 60.7 Å². The first-order chi connectivity index (χ1) is 19.6. The van der Waals surface area contributed by atoms with Crippen molar-refractivity contribution < 1.29 is 53.4 Å². The van der Waals surface area contributed by atoms with Crippen molar-refractivity contribution in [3.8, 4) is 17.6 Å². The Kier molecular flexibility index (Phi) is 9.72. The number of benzene rings is 2. The first-order valence-corrected chi connectivity index (χ1v) is 12.6. The van der Waals surface area contributed by atoms with Gasteiger partial charge in [-0.1, -0.05) is 48.8 Å². The van der Waals surface area contributed by atoms with E-state index in [9.17, 15) is 29.7 Å². The minimum absolute atomic E-state index is 0.0910. The van der Waals surface area contributed by atoms with Crippen molar-refractivity contribution in [3.05, 3.63) is 77.4 Å². The Balaban J connectivity index is 1.54. The molecule has 0 bridgehead atoms. The van der Waals surface area contributed by atoms with Gasteiger partial charge < -0.3 is 44.3 Å². The van der Waals surface area contributed by atoms with Crippen LogP contribution in [-0.4, -0.2) is 83.6 Å². The highest BCUT2D eigenvalue weighted by Gasteiger charge is 2.51. The summed E-state index contributed by atoms with van der Waals surface area (Å²) in [5.41, 5.74) is 0.601. The number of phenols is 1.